The second-order valence-corrected chi connectivity index (χ2v) is 6.78. The number of carbonyl (C=O) groups is 1. The van der Waals surface area contributed by atoms with Crippen molar-refractivity contribution < 1.29 is 9.53 Å². The van der Waals surface area contributed by atoms with Gasteiger partial charge in [0.15, 0.2) is 16.9 Å². The summed E-state index contributed by atoms with van der Waals surface area (Å²) in [6.07, 6.45) is 4.51. The molecule has 0 amide bonds. The van der Waals surface area contributed by atoms with Crippen molar-refractivity contribution in [3.8, 4) is 5.75 Å². The maximum atomic E-state index is 12.4. The van der Waals surface area contributed by atoms with E-state index in [-0.39, 0.29) is 17.0 Å². The molecular weight excluding hydrogens is 360 g/mol. The van der Waals surface area contributed by atoms with E-state index in [4.69, 9.17) is 4.74 Å². The van der Waals surface area contributed by atoms with Crippen LogP contribution in [-0.2, 0) is 20.6 Å². The fourth-order valence-corrected chi connectivity index (χ4v) is 3.23. The Kier molecular flexibility index (Phi) is 5.77. The second kappa shape index (κ2) is 8.24. The molecule has 0 spiro atoms. The van der Waals surface area contributed by atoms with Crippen molar-refractivity contribution in [3.05, 3.63) is 57.0 Å². The van der Waals surface area contributed by atoms with Gasteiger partial charge in [-0.1, -0.05) is 6.42 Å². The molecular formula is C20H24N4O4. The summed E-state index contributed by atoms with van der Waals surface area (Å²) in [5, 5.41) is 0. The summed E-state index contributed by atoms with van der Waals surface area (Å²) in [5.41, 5.74) is 0.776. The summed E-state index contributed by atoms with van der Waals surface area (Å²) in [4.78, 5) is 40.8. The van der Waals surface area contributed by atoms with Crippen molar-refractivity contribution in [1.82, 2.24) is 18.7 Å². The predicted octanol–water partition coefficient (Wildman–Crippen LogP) is 1.89. The van der Waals surface area contributed by atoms with Crippen molar-refractivity contribution in [2.45, 2.75) is 32.2 Å². The molecule has 148 valence electrons. The van der Waals surface area contributed by atoms with Crippen molar-refractivity contribution in [2.75, 3.05) is 7.11 Å². The van der Waals surface area contributed by atoms with E-state index >= 15 is 0 Å². The fraction of sp³-hybridized carbons (Fsp3) is 0.400. The van der Waals surface area contributed by atoms with Gasteiger partial charge in [0.05, 0.1) is 13.4 Å². The van der Waals surface area contributed by atoms with Gasteiger partial charge in [-0.2, -0.15) is 0 Å². The van der Waals surface area contributed by atoms with E-state index in [9.17, 15) is 14.4 Å². The zero-order valence-electron chi connectivity index (χ0n) is 16.3. The zero-order chi connectivity index (χ0) is 20.3. The Hall–Kier alpha value is -3.16. The number of rotatable bonds is 8. The molecule has 0 radical (unpaired) electrons. The minimum Gasteiger partial charge on any atom is -0.497 e. The molecule has 0 saturated heterocycles. The summed E-state index contributed by atoms with van der Waals surface area (Å²) in [5.74, 6) is 0.840. The Morgan fingerprint density at radius 3 is 2.43 bits per heavy atom. The highest BCUT2D eigenvalue weighted by Crippen LogP contribution is 2.15. The lowest BCUT2D eigenvalue weighted by Gasteiger charge is -2.07. The molecule has 28 heavy (non-hydrogen) atoms. The van der Waals surface area contributed by atoms with Gasteiger partial charge in [-0.25, -0.2) is 9.78 Å². The molecule has 0 saturated carbocycles. The number of Topliss-reactive ketones (excluding diaryl/α,β-unsaturated/α-hetero) is 1. The monoisotopic (exact) mass is 384 g/mol. The normalized spacial score (nSPS) is 11.1. The van der Waals surface area contributed by atoms with Crippen LogP contribution in [0.3, 0.4) is 0 Å². The van der Waals surface area contributed by atoms with Gasteiger partial charge in [0, 0.05) is 32.6 Å². The minimum absolute atomic E-state index is 0.111. The number of aromatic nitrogens is 4. The average Bonchev–Trinajstić information content (AvgIpc) is 3.14. The lowest BCUT2D eigenvalue weighted by atomic mass is 10.0. The largest absolute Gasteiger partial charge is 0.497 e. The molecule has 2 heterocycles. The van der Waals surface area contributed by atoms with Gasteiger partial charge in [-0.15, -0.1) is 0 Å². The maximum Gasteiger partial charge on any atom is 0.332 e. The van der Waals surface area contributed by atoms with Crippen molar-refractivity contribution in [3.63, 3.8) is 0 Å². The smallest absolute Gasteiger partial charge is 0.332 e. The molecule has 8 nitrogen and oxygen atoms in total. The third-order valence-electron chi connectivity index (χ3n) is 4.93. The summed E-state index contributed by atoms with van der Waals surface area (Å²) in [6.45, 7) is 0.612. The number of imidazole rings is 1. The van der Waals surface area contributed by atoms with E-state index in [2.05, 4.69) is 4.98 Å². The van der Waals surface area contributed by atoms with E-state index in [1.807, 2.05) is 0 Å². The lowest BCUT2D eigenvalue weighted by Crippen LogP contribution is -2.37. The first-order chi connectivity index (χ1) is 13.4. The first-order valence-electron chi connectivity index (χ1n) is 9.22. The number of hydrogen-bond acceptors (Lipinski definition) is 5. The first-order valence-corrected chi connectivity index (χ1v) is 9.22. The van der Waals surface area contributed by atoms with E-state index in [0.717, 1.165) is 29.6 Å². The van der Waals surface area contributed by atoms with E-state index in [0.29, 0.717) is 29.7 Å². The molecule has 3 aromatic rings. The standard InChI is InChI=1S/C20H24N4O4/c1-22-18-17(19(26)23(2)20(22)27)24(13-21-18)12-6-4-5-7-16(25)14-8-10-15(28-3)11-9-14/h8-11,13H,4-7,12H2,1-3H3. The molecule has 0 aliphatic heterocycles. The number of aryl methyl sites for hydroxylation is 2. The Bertz CT molecular complexity index is 1110. The highest BCUT2D eigenvalue weighted by molar-refractivity contribution is 5.96. The van der Waals surface area contributed by atoms with Gasteiger partial charge < -0.3 is 9.30 Å². The number of nitrogens with zero attached hydrogens (tertiary/aromatic N) is 4. The van der Waals surface area contributed by atoms with Gasteiger partial charge >= 0.3 is 5.69 Å². The Labute approximate surface area is 162 Å². The van der Waals surface area contributed by atoms with Gasteiger partial charge in [0.25, 0.3) is 5.56 Å². The molecule has 2 aromatic heterocycles. The van der Waals surface area contributed by atoms with Crippen LogP contribution in [0.25, 0.3) is 11.2 Å². The molecule has 0 unspecified atom stereocenters. The van der Waals surface area contributed by atoms with E-state index < -0.39 is 0 Å². The van der Waals surface area contributed by atoms with Crippen LogP contribution in [0.5, 0.6) is 5.75 Å². The van der Waals surface area contributed by atoms with Gasteiger partial charge in [0.2, 0.25) is 0 Å². The van der Waals surface area contributed by atoms with Crippen LogP contribution < -0.4 is 16.0 Å². The SMILES string of the molecule is COc1ccc(C(=O)CCCCCn2cnc3c2c(=O)n(C)c(=O)n3C)cc1. The number of fused-ring (bicyclic) bond motifs is 1. The molecule has 1 aromatic carbocycles. The number of hydrogen-bond donors (Lipinski definition) is 0. The average molecular weight is 384 g/mol. The number of ketones is 1. The second-order valence-electron chi connectivity index (χ2n) is 6.78. The summed E-state index contributed by atoms with van der Waals surface area (Å²) in [6, 6.07) is 7.12. The molecule has 0 N–H and O–H groups in total. The lowest BCUT2D eigenvalue weighted by molar-refractivity contribution is 0.0979. The van der Waals surface area contributed by atoms with E-state index in [1.54, 1.807) is 49.3 Å². The van der Waals surface area contributed by atoms with Gasteiger partial charge in [-0.3, -0.25) is 18.7 Å². The van der Waals surface area contributed by atoms with Gasteiger partial charge in [-0.05, 0) is 37.1 Å². The Balaban J connectivity index is 1.56. The van der Waals surface area contributed by atoms with Crippen LogP contribution in [0.15, 0.2) is 40.2 Å². The first kappa shape index (κ1) is 19.6. The summed E-state index contributed by atoms with van der Waals surface area (Å²) >= 11 is 0. The van der Waals surface area contributed by atoms with Crippen LogP contribution in [0.1, 0.15) is 36.0 Å². The highest BCUT2D eigenvalue weighted by Gasteiger charge is 2.14. The molecule has 0 atom stereocenters. The topological polar surface area (TPSA) is 88.1 Å². The van der Waals surface area contributed by atoms with Crippen LogP contribution in [-0.4, -0.2) is 31.6 Å². The van der Waals surface area contributed by atoms with Crippen LogP contribution in [0.2, 0.25) is 0 Å². The van der Waals surface area contributed by atoms with Gasteiger partial charge in [0.1, 0.15) is 5.75 Å². The van der Waals surface area contributed by atoms with Crippen molar-refractivity contribution >= 4 is 16.9 Å². The third kappa shape index (κ3) is 3.76. The summed E-state index contributed by atoms with van der Waals surface area (Å²) < 4.78 is 9.34. The number of benzene rings is 1. The number of ether oxygens (including phenoxy) is 1. The Morgan fingerprint density at radius 2 is 1.75 bits per heavy atom. The maximum absolute atomic E-state index is 12.4. The number of unbranched alkanes of at least 4 members (excludes halogenated alkanes) is 2. The predicted molar refractivity (Wildman–Crippen MR) is 106 cm³/mol. The molecule has 0 aliphatic rings. The fourth-order valence-electron chi connectivity index (χ4n) is 3.23. The van der Waals surface area contributed by atoms with Crippen LogP contribution in [0, 0.1) is 0 Å². The van der Waals surface area contributed by atoms with Crippen LogP contribution in [0.4, 0.5) is 0 Å². The quantitative estimate of drug-likeness (QED) is 0.437. The molecule has 3 rings (SSSR count). The molecule has 0 bridgehead atoms. The minimum atomic E-state index is -0.389. The molecule has 0 fully saturated rings. The van der Waals surface area contributed by atoms with Crippen LogP contribution >= 0.6 is 0 Å². The molecule has 0 aliphatic carbocycles. The summed E-state index contributed by atoms with van der Waals surface area (Å²) in [7, 11) is 4.66. The number of carbonyl (C=O) groups excluding carboxylic acids is 1. The van der Waals surface area contributed by atoms with E-state index in [1.165, 1.54) is 11.6 Å². The zero-order valence-corrected chi connectivity index (χ0v) is 16.3. The van der Waals surface area contributed by atoms with Crippen molar-refractivity contribution in [2.24, 2.45) is 14.1 Å². The van der Waals surface area contributed by atoms with Crippen molar-refractivity contribution in [1.29, 1.82) is 0 Å². The number of methoxy groups -OCH3 is 1. The third-order valence-corrected chi connectivity index (χ3v) is 4.93. The highest BCUT2D eigenvalue weighted by atomic mass is 16.5. The Morgan fingerprint density at radius 1 is 1.04 bits per heavy atom. The molecule has 8 heteroatoms.